The zero-order valence-corrected chi connectivity index (χ0v) is 11.5. The van der Waals surface area contributed by atoms with Crippen molar-refractivity contribution in [1.29, 1.82) is 0 Å². The Bertz CT molecular complexity index is 636. The third-order valence-corrected chi connectivity index (χ3v) is 3.83. The van der Waals surface area contributed by atoms with Gasteiger partial charge in [-0.2, -0.15) is 5.10 Å². The van der Waals surface area contributed by atoms with Crippen LogP contribution in [-0.2, 0) is 4.79 Å². The zero-order chi connectivity index (χ0) is 14.2. The van der Waals surface area contributed by atoms with Gasteiger partial charge < -0.3 is 11.1 Å². The number of hydrogen-bond acceptors (Lipinski definition) is 4. The van der Waals surface area contributed by atoms with Crippen LogP contribution in [0.4, 0.5) is 5.69 Å². The Labute approximate surface area is 120 Å². The van der Waals surface area contributed by atoms with Crippen LogP contribution < -0.4 is 11.1 Å². The van der Waals surface area contributed by atoms with Crippen LogP contribution in [0.25, 0.3) is 5.69 Å². The molecule has 1 amide bonds. The van der Waals surface area contributed by atoms with Crippen LogP contribution in [0.15, 0.2) is 30.9 Å². The molecule has 1 aromatic carbocycles. The van der Waals surface area contributed by atoms with Crippen LogP contribution >= 0.6 is 11.6 Å². The Kier molecular flexibility index (Phi) is 3.19. The minimum Gasteiger partial charge on any atom is -0.329 e. The number of halogens is 1. The van der Waals surface area contributed by atoms with E-state index in [0.717, 1.165) is 12.8 Å². The molecule has 0 aliphatic heterocycles. The lowest BCUT2D eigenvalue weighted by Crippen LogP contribution is -2.31. The first kappa shape index (κ1) is 13.1. The molecule has 104 valence electrons. The van der Waals surface area contributed by atoms with Crippen molar-refractivity contribution in [2.45, 2.75) is 12.8 Å². The molecule has 6 nitrogen and oxygen atoms in total. The number of amides is 1. The Morgan fingerprint density at radius 2 is 2.30 bits per heavy atom. The van der Waals surface area contributed by atoms with Gasteiger partial charge in [0.1, 0.15) is 12.7 Å². The van der Waals surface area contributed by atoms with E-state index in [4.69, 9.17) is 17.3 Å². The van der Waals surface area contributed by atoms with Gasteiger partial charge in [-0.15, -0.1) is 0 Å². The lowest BCUT2D eigenvalue weighted by molar-refractivity contribution is -0.120. The van der Waals surface area contributed by atoms with Gasteiger partial charge in [-0.1, -0.05) is 11.6 Å². The summed E-state index contributed by atoms with van der Waals surface area (Å²) in [6, 6.07) is 5.22. The second-order valence-electron chi connectivity index (χ2n) is 4.94. The van der Waals surface area contributed by atoms with Gasteiger partial charge in [-0.3, -0.25) is 4.79 Å². The number of nitrogens with two attached hydrogens (primary N) is 1. The minimum absolute atomic E-state index is 0.0661. The van der Waals surface area contributed by atoms with Crippen molar-refractivity contribution in [2.24, 2.45) is 11.1 Å². The number of hydrogen-bond donors (Lipinski definition) is 2. The molecule has 1 aliphatic rings. The molecule has 3 rings (SSSR count). The van der Waals surface area contributed by atoms with Gasteiger partial charge in [0.25, 0.3) is 0 Å². The second-order valence-corrected chi connectivity index (χ2v) is 5.38. The van der Waals surface area contributed by atoms with E-state index in [1.165, 1.54) is 6.33 Å². The normalized spacial score (nSPS) is 15.9. The third-order valence-electron chi connectivity index (χ3n) is 3.60. The molecule has 0 bridgehead atoms. The monoisotopic (exact) mass is 291 g/mol. The maximum Gasteiger partial charge on any atom is 0.231 e. The fraction of sp³-hybridized carbons (Fsp3) is 0.308. The van der Waals surface area contributed by atoms with Crippen molar-refractivity contribution in [1.82, 2.24) is 14.8 Å². The maximum atomic E-state index is 12.3. The first-order valence-electron chi connectivity index (χ1n) is 6.31. The highest BCUT2D eigenvalue weighted by Crippen LogP contribution is 2.45. The molecule has 7 heteroatoms. The number of nitrogens with zero attached hydrogens (tertiary/aromatic N) is 3. The number of carbonyl (C=O) groups excluding carboxylic acids is 1. The smallest absolute Gasteiger partial charge is 0.231 e. The molecule has 0 spiro atoms. The predicted octanol–water partition coefficient (Wildman–Crippen LogP) is 1.60. The van der Waals surface area contributed by atoms with E-state index in [1.54, 1.807) is 29.2 Å². The summed E-state index contributed by atoms with van der Waals surface area (Å²) in [6.07, 6.45) is 4.65. The fourth-order valence-electron chi connectivity index (χ4n) is 2.07. The average molecular weight is 292 g/mol. The van der Waals surface area contributed by atoms with Crippen LogP contribution in [0.2, 0.25) is 5.02 Å². The molecular formula is C13H14ClN5O. The molecule has 0 radical (unpaired) electrons. The molecule has 2 aromatic rings. The summed E-state index contributed by atoms with van der Waals surface area (Å²) in [7, 11) is 0. The number of rotatable bonds is 4. The van der Waals surface area contributed by atoms with E-state index in [2.05, 4.69) is 15.4 Å². The van der Waals surface area contributed by atoms with Gasteiger partial charge in [0.2, 0.25) is 5.91 Å². The van der Waals surface area contributed by atoms with Gasteiger partial charge in [0.15, 0.2) is 0 Å². The van der Waals surface area contributed by atoms with Crippen LogP contribution in [0.1, 0.15) is 12.8 Å². The summed E-state index contributed by atoms with van der Waals surface area (Å²) < 4.78 is 1.58. The first-order chi connectivity index (χ1) is 9.64. The molecule has 1 aliphatic carbocycles. The van der Waals surface area contributed by atoms with Gasteiger partial charge in [-0.25, -0.2) is 9.67 Å². The highest BCUT2D eigenvalue weighted by Gasteiger charge is 2.48. The summed E-state index contributed by atoms with van der Waals surface area (Å²) in [5.41, 5.74) is 6.58. The summed E-state index contributed by atoms with van der Waals surface area (Å²) in [4.78, 5) is 16.2. The number of carbonyl (C=O) groups is 1. The minimum atomic E-state index is -0.415. The average Bonchev–Trinajstić information content (AvgIpc) is 3.07. The van der Waals surface area contributed by atoms with E-state index in [1.807, 2.05) is 0 Å². The summed E-state index contributed by atoms with van der Waals surface area (Å²) >= 11 is 6.00. The SMILES string of the molecule is NCC1(C(=O)Nc2cc(Cl)ccc2-n2cncn2)CC1. The molecule has 0 saturated heterocycles. The van der Waals surface area contributed by atoms with Gasteiger partial charge >= 0.3 is 0 Å². The summed E-state index contributed by atoms with van der Waals surface area (Å²) in [6.45, 7) is 0.359. The number of aromatic nitrogens is 3. The third kappa shape index (κ3) is 2.28. The van der Waals surface area contributed by atoms with Gasteiger partial charge in [0.05, 0.1) is 16.8 Å². The molecule has 20 heavy (non-hydrogen) atoms. The van der Waals surface area contributed by atoms with Crippen LogP contribution in [0.3, 0.4) is 0 Å². The van der Waals surface area contributed by atoms with Crippen molar-refractivity contribution >= 4 is 23.2 Å². The zero-order valence-electron chi connectivity index (χ0n) is 10.7. The number of nitrogens with one attached hydrogen (secondary N) is 1. The Hall–Kier alpha value is -1.92. The highest BCUT2D eigenvalue weighted by molar-refractivity contribution is 6.31. The molecule has 1 fully saturated rings. The molecule has 3 N–H and O–H groups in total. The lowest BCUT2D eigenvalue weighted by atomic mass is 10.1. The van der Waals surface area contributed by atoms with Crippen molar-refractivity contribution in [3.05, 3.63) is 35.9 Å². The first-order valence-corrected chi connectivity index (χ1v) is 6.68. The van der Waals surface area contributed by atoms with Crippen molar-refractivity contribution in [2.75, 3.05) is 11.9 Å². The molecule has 1 saturated carbocycles. The van der Waals surface area contributed by atoms with E-state index in [-0.39, 0.29) is 5.91 Å². The Morgan fingerprint density at radius 1 is 1.50 bits per heavy atom. The second kappa shape index (κ2) is 4.88. The molecular weight excluding hydrogens is 278 g/mol. The highest BCUT2D eigenvalue weighted by atomic mass is 35.5. The number of benzene rings is 1. The Balaban J connectivity index is 1.92. The van der Waals surface area contributed by atoms with Crippen molar-refractivity contribution < 1.29 is 4.79 Å². The molecule has 1 aromatic heterocycles. The van der Waals surface area contributed by atoms with Crippen LogP contribution in [0, 0.1) is 5.41 Å². The van der Waals surface area contributed by atoms with Crippen molar-refractivity contribution in [3.63, 3.8) is 0 Å². The van der Waals surface area contributed by atoms with E-state index >= 15 is 0 Å². The van der Waals surface area contributed by atoms with Crippen LogP contribution in [-0.4, -0.2) is 27.2 Å². The molecule has 0 unspecified atom stereocenters. The van der Waals surface area contributed by atoms with Crippen LogP contribution in [0.5, 0.6) is 0 Å². The van der Waals surface area contributed by atoms with E-state index in [9.17, 15) is 4.79 Å². The standard InChI is InChI=1S/C13H14ClN5O/c14-9-1-2-11(19-8-16-7-17-19)10(5-9)18-12(20)13(6-15)3-4-13/h1-2,5,7-8H,3-4,6,15H2,(H,18,20). The van der Waals surface area contributed by atoms with E-state index in [0.29, 0.717) is 22.9 Å². The largest absolute Gasteiger partial charge is 0.329 e. The summed E-state index contributed by atoms with van der Waals surface area (Å²) in [5.74, 6) is -0.0661. The summed E-state index contributed by atoms with van der Waals surface area (Å²) in [5, 5.41) is 7.51. The van der Waals surface area contributed by atoms with Gasteiger partial charge in [0, 0.05) is 11.6 Å². The molecule has 1 heterocycles. The predicted molar refractivity (Wildman–Crippen MR) is 75.7 cm³/mol. The Morgan fingerprint density at radius 3 is 2.90 bits per heavy atom. The number of anilines is 1. The quantitative estimate of drug-likeness (QED) is 0.896. The van der Waals surface area contributed by atoms with Crippen molar-refractivity contribution in [3.8, 4) is 5.69 Å². The topological polar surface area (TPSA) is 85.8 Å². The van der Waals surface area contributed by atoms with E-state index < -0.39 is 5.41 Å². The maximum absolute atomic E-state index is 12.3. The fourth-order valence-corrected chi connectivity index (χ4v) is 2.24. The van der Waals surface area contributed by atoms with Gasteiger partial charge in [-0.05, 0) is 31.0 Å². The lowest BCUT2D eigenvalue weighted by Gasteiger charge is -2.15. The molecule has 0 atom stereocenters.